The molecular weight excluding hydrogens is 443 g/mol. The summed E-state index contributed by atoms with van der Waals surface area (Å²) in [5, 5.41) is 1.03. The van der Waals surface area contributed by atoms with Gasteiger partial charge in [0.15, 0.2) is 11.6 Å². The molecule has 4 heterocycles. The highest BCUT2D eigenvalue weighted by Crippen LogP contribution is 2.41. The molecule has 0 spiro atoms. The number of carbonyl (C=O) groups is 1. The predicted molar refractivity (Wildman–Crippen MR) is 135 cm³/mol. The lowest BCUT2D eigenvalue weighted by Crippen LogP contribution is -2.52. The molecule has 0 bridgehead atoms. The van der Waals surface area contributed by atoms with Crippen molar-refractivity contribution in [3.63, 3.8) is 0 Å². The van der Waals surface area contributed by atoms with Crippen molar-refractivity contribution in [1.82, 2.24) is 24.7 Å². The van der Waals surface area contributed by atoms with Gasteiger partial charge in [0.1, 0.15) is 5.69 Å². The molecule has 184 valence electrons. The maximum absolute atomic E-state index is 14.7. The van der Waals surface area contributed by atoms with E-state index in [1.807, 2.05) is 6.07 Å². The van der Waals surface area contributed by atoms with Crippen LogP contribution in [0.4, 0.5) is 10.2 Å². The zero-order valence-corrected chi connectivity index (χ0v) is 20.3. The van der Waals surface area contributed by atoms with Crippen molar-refractivity contribution in [1.29, 1.82) is 0 Å². The van der Waals surface area contributed by atoms with Gasteiger partial charge < -0.3 is 20.5 Å². The summed E-state index contributed by atoms with van der Waals surface area (Å²) in [6, 6.07) is 9.15. The van der Waals surface area contributed by atoms with Gasteiger partial charge in [-0.2, -0.15) is 0 Å². The summed E-state index contributed by atoms with van der Waals surface area (Å²) in [4.78, 5) is 27.4. The van der Waals surface area contributed by atoms with Crippen LogP contribution in [0.15, 0.2) is 30.5 Å². The van der Waals surface area contributed by atoms with Crippen LogP contribution < -0.4 is 5.73 Å². The Balaban J connectivity index is 1.16. The van der Waals surface area contributed by atoms with Crippen LogP contribution in [0.25, 0.3) is 10.9 Å². The Bertz CT molecular complexity index is 1260. The van der Waals surface area contributed by atoms with Crippen LogP contribution in [0.2, 0.25) is 0 Å². The second-order valence-corrected chi connectivity index (χ2v) is 10.5. The van der Waals surface area contributed by atoms with E-state index < -0.39 is 5.82 Å². The first-order chi connectivity index (χ1) is 17.0. The third kappa shape index (κ3) is 4.19. The number of nitrogens with zero attached hydrogens (tertiary/aromatic N) is 4. The first kappa shape index (κ1) is 22.5. The molecule has 6 rings (SSSR count). The molecule has 0 unspecified atom stereocenters. The standard InChI is InChI=1S/C27H33FN6O/c1-32-7-9-33(10-8-32)21-11-20(12-21)17-4-5-18-14-24(31-23(18)13-17)27(35)34-6-2-3-19-15-30-26(29)25(28)22(19)16-34/h4-5,13-15,20-21,31H,2-3,6-12,16H2,1H3,(H2,29,30). The van der Waals surface area contributed by atoms with E-state index in [0.717, 1.165) is 36.0 Å². The number of aromatic nitrogens is 2. The van der Waals surface area contributed by atoms with Crippen LogP contribution in [0.1, 0.15) is 52.4 Å². The molecule has 0 atom stereocenters. The zero-order valence-electron chi connectivity index (χ0n) is 20.3. The lowest BCUT2D eigenvalue weighted by molar-refractivity contribution is 0.0605. The van der Waals surface area contributed by atoms with E-state index in [4.69, 9.17) is 5.73 Å². The Morgan fingerprint density at radius 3 is 2.74 bits per heavy atom. The second-order valence-electron chi connectivity index (χ2n) is 10.5. The summed E-state index contributed by atoms with van der Waals surface area (Å²) in [7, 11) is 2.20. The molecule has 0 radical (unpaired) electrons. The van der Waals surface area contributed by atoms with Crippen molar-refractivity contribution in [3.05, 3.63) is 58.7 Å². The smallest absolute Gasteiger partial charge is 0.270 e. The van der Waals surface area contributed by atoms with Gasteiger partial charge in [-0.3, -0.25) is 9.69 Å². The number of H-pyrrole nitrogens is 1. The number of aryl methyl sites for hydroxylation is 1. The largest absolute Gasteiger partial charge is 0.381 e. The molecule has 2 aromatic heterocycles. The van der Waals surface area contributed by atoms with Gasteiger partial charge in [0.2, 0.25) is 0 Å². The Morgan fingerprint density at radius 1 is 1.14 bits per heavy atom. The van der Waals surface area contributed by atoms with Gasteiger partial charge in [0, 0.05) is 68.0 Å². The maximum atomic E-state index is 14.7. The highest BCUT2D eigenvalue weighted by atomic mass is 19.1. The van der Waals surface area contributed by atoms with Crippen molar-refractivity contribution >= 4 is 22.6 Å². The highest BCUT2D eigenvalue weighted by molar-refractivity contribution is 5.98. The summed E-state index contributed by atoms with van der Waals surface area (Å²) < 4.78 is 14.7. The van der Waals surface area contributed by atoms with E-state index >= 15 is 0 Å². The summed E-state index contributed by atoms with van der Waals surface area (Å²) in [6.07, 6.45) is 5.51. The first-order valence-electron chi connectivity index (χ1n) is 12.7. The van der Waals surface area contributed by atoms with Gasteiger partial charge in [0.25, 0.3) is 5.91 Å². The number of benzene rings is 1. The Morgan fingerprint density at radius 2 is 1.94 bits per heavy atom. The molecule has 2 fully saturated rings. The third-order valence-electron chi connectivity index (χ3n) is 8.26. The van der Waals surface area contributed by atoms with Gasteiger partial charge in [-0.1, -0.05) is 12.1 Å². The fraction of sp³-hybridized carbons (Fsp3) is 0.481. The van der Waals surface area contributed by atoms with E-state index in [2.05, 4.69) is 45.0 Å². The third-order valence-corrected chi connectivity index (χ3v) is 8.26. The molecular formula is C27H33FN6O. The van der Waals surface area contributed by atoms with E-state index in [1.54, 1.807) is 11.1 Å². The Labute approximate surface area is 205 Å². The highest BCUT2D eigenvalue weighted by Gasteiger charge is 2.35. The number of anilines is 1. The minimum atomic E-state index is -0.501. The fourth-order valence-corrected chi connectivity index (χ4v) is 5.90. The summed E-state index contributed by atoms with van der Waals surface area (Å²) in [5.41, 5.74) is 9.90. The lowest BCUT2D eigenvalue weighted by atomic mass is 9.75. The van der Waals surface area contributed by atoms with Crippen molar-refractivity contribution in [2.24, 2.45) is 0 Å². The zero-order chi connectivity index (χ0) is 24.1. The molecule has 1 saturated heterocycles. The van der Waals surface area contributed by atoms with E-state index in [-0.39, 0.29) is 18.3 Å². The number of likely N-dealkylation sites (N-methyl/N-ethyl adjacent to an activating group) is 1. The number of hydrogen-bond acceptors (Lipinski definition) is 5. The second kappa shape index (κ2) is 8.91. The van der Waals surface area contributed by atoms with Crippen LogP contribution in [0.5, 0.6) is 0 Å². The molecule has 1 aliphatic carbocycles. The predicted octanol–water partition coefficient (Wildman–Crippen LogP) is 3.37. The van der Waals surface area contributed by atoms with Gasteiger partial charge in [-0.05, 0) is 61.9 Å². The number of carbonyl (C=O) groups excluding carboxylic acids is 1. The maximum Gasteiger partial charge on any atom is 0.270 e. The summed E-state index contributed by atoms with van der Waals surface area (Å²) in [6.45, 7) is 5.44. The number of amides is 1. The van der Waals surface area contributed by atoms with Crippen molar-refractivity contribution in [2.75, 3.05) is 45.5 Å². The van der Waals surface area contributed by atoms with Gasteiger partial charge in [-0.25, -0.2) is 9.37 Å². The van der Waals surface area contributed by atoms with Gasteiger partial charge in [0.05, 0.1) is 0 Å². The average Bonchev–Trinajstić information content (AvgIpc) is 3.13. The van der Waals surface area contributed by atoms with Crippen molar-refractivity contribution in [3.8, 4) is 0 Å². The molecule has 3 N–H and O–H groups in total. The lowest BCUT2D eigenvalue weighted by Gasteiger charge is -2.46. The minimum Gasteiger partial charge on any atom is -0.381 e. The summed E-state index contributed by atoms with van der Waals surface area (Å²) >= 11 is 0. The van der Waals surface area contributed by atoms with Crippen molar-refractivity contribution < 1.29 is 9.18 Å². The number of halogens is 1. The molecule has 3 aliphatic rings. The first-order valence-corrected chi connectivity index (χ1v) is 12.7. The van der Waals surface area contributed by atoms with Crippen LogP contribution in [-0.2, 0) is 13.0 Å². The monoisotopic (exact) mass is 476 g/mol. The number of aromatic amines is 1. The van der Waals surface area contributed by atoms with Crippen LogP contribution in [0, 0.1) is 5.82 Å². The molecule has 3 aromatic rings. The van der Waals surface area contributed by atoms with E-state index in [1.165, 1.54) is 31.5 Å². The number of hydrogen-bond donors (Lipinski definition) is 2. The number of nitrogens with one attached hydrogen (secondary N) is 1. The average molecular weight is 477 g/mol. The molecule has 1 saturated carbocycles. The number of piperazine rings is 1. The van der Waals surface area contributed by atoms with Gasteiger partial charge in [-0.15, -0.1) is 0 Å². The topological polar surface area (TPSA) is 81.5 Å². The Hall–Kier alpha value is -2.97. The number of pyridine rings is 1. The van der Waals surface area contributed by atoms with Crippen LogP contribution >= 0.6 is 0 Å². The van der Waals surface area contributed by atoms with E-state index in [9.17, 15) is 9.18 Å². The minimum absolute atomic E-state index is 0.107. The van der Waals surface area contributed by atoms with Crippen LogP contribution in [-0.4, -0.2) is 76.4 Å². The molecule has 35 heavy (non-hydrogen) atoms. The van der Waals surface area contributed by atoms with E-state index in [0.29, 0.717) is 36.2 Å². The number of rotatable bonds is 3. The Kier molecular flexibility index (Phi) is 5.73. The number of fused-ring (bicyclic) bond motifs is 2. The van der Waals surface area contributed by atoms with Crippen LogP contribution in [0.3, 0.4) is 0 Å². The van der Waals surface area contributed by atoms with Crippen molar-refractivity contribution in [2.45, 2.75) is 44.2 Å². The molecule has 7 nitrogen and oxygen atoms in total. The molecule has 1 aromatic carbocycles. The number of nitrogen functional groups attached to an aromatic ring is 1. The SMILES string of the molecule is CN1CCN(C2CC(c3ccc4cc(C(=O)N5CCCc6cnc(N)c(F)c6C5)[nH]c4c3)C2)CC1. The fourth-order valence-electron chi connectivity index (χ4n) is 5.90. The molecule has 2 aliphatic heterocycles. The van der Waals surface area contributed by atoms with Gasteiger partial charge >= 0.3 is 0 Å². The molecule has 1 amide bonds. The summed E-state index contributed by atoms with van der Waals surface area (Å²) in [5.74, 6) is -0.138. The molecule has 8 heteroatoms. The quantitative estimate of drug-likeness (QED) is 0.606. The normalized spacial score (nSPS) is 23.7. The number of nitrogens with two attached hydrogens (primary N) is 1.